The lowest BCUT2D eigenvalue weighted by atomic mass is 10.0. The molecule has 2 aliphatic rings. The maximum Gasteiger partial charge on any atom is 0.274 e. The molecule has 1 N–H and O–H groups in total. The minimum absolute atomic E-state index is 0.110. The number of rotatable bonds is 3. The Morgan fingerprint density at radius 2 is 1.69 bits per heavy atom. The highest BCUT2D eigenvalue weighted by Gasteiger charge is 2.40. The van der Waals surface area contributed by atoms with E-state index in [1.807, 2.05) is 32.0 Å². The summed E-state index contributed by atoms with van der Waals surface area (Å²) in [6, 6.07) is 9.03. The second-order valence-electron chi connectivity index (χ2n) is 7.66. The van der Waals surface area contributed by atoms with Crippen LogP contribution >= 0.6 is 0 Å². The van der Waals surface area contributed by atoms with Gasteiger partial charge >= 0.3 is 0 Å². The van der Waals surface area contributed by atoms with Crippen LogP contribution in [0.3, 0.4) is 0 Å². The van der Waals surface area contributed by atoms with Crippen molar-refractivity contribution in [3.8, 4) is 0 Å². The van der Waals surface area contributed by atoms with Crippen LogP contribution in [-0.2, 0) is 9.47 Å². The third-order valence-corrected chi connectivity index (χ3v) is 5.35. The van der Waals surface area contributed by atoms with Crippen LogP contribution in [0, 0.1) is 13.8 Å². The van der Waals surface area contributed by atoms with Gasteiger partial charge in [-0.3, -0.25) is 14.6 Å². The van der Waals surface area contributed by atoms with Crippen LogP contribution in [0.15, 0.2) is 36.5 Å². The highest BCUT2D eigenvalue weighted by Crippen LogP contribution is 2.31. The number of anilines is 1. The minimum atomic E-state index is -0.522. The van der Waals surface area contributed by atoms with Crippen molar-refractivity contribution in [2.75, 3.05) is 31.6 Å². The number of ether oxygens (including phenoxy) is 2. The van der Waals surface area contributed by atoms with Crippen molar-refractivity contribution in [2.24, 2.45) is 0 Å². The third-order valence-electron chi connectivity index (χ3n) is 5.35. The summed E-state index contributed by atoms with van der Waals surface area (Å²) >= 11 is 0. The lowest BCUT2D eigenvalue weighted by molar-refractivity contribution is -0.181. The van der Waals surface area contributed by atoms with E-state index in [-0.39, 0.29) is 17.5 Å². The summed E-state index contributed by atoms with van der Waals surface area (Å²) in [6.45, 7) is 6.29. The van der Waals surface area contributed by atoms with Gasteiger partial charge in [0.15, 0.2) is 5.79 Å². The molecular weight excluding hydrogens is 370 g/mol. The van der Waals surface area contributed by atoms with Crippen molar-refractivity contribution in [3.63, 3.8) is 0 Å². The Morgan fingerprint density at radius 3 is 2.34 bits per heavy atom. The number of benzene rings is 1. The summed E-state index contributed by atoms with van der Waals surface area (Å²) in [4.78, 5) is 31.5. The summed E-state index contributed by atoms with van der Waals surface area (Å²) in [7, 11) is 0. The fourth-order valence-electron chi connectivity index (χ4n) is 3.95. The van der Waals surface area contributed by atoms with E-state index in [9.17, 15) is 9.59 Å². The molecule has 2 aromatic rings. The Balaban J connectivity index is 1.44. The number of hydrogen-bond acceptors (Lipinski definition) is 5. The first kappa shape index (κ1) is 19.5. The minimum Gasteiger partial charge on any atom is -0.347 e. The quantitative estimate of drug-likeness (QED) is 0.864. The zero-order chi connectivity index (χ0) is 20.4. The number of piperidine rings is 1. The Labute approximate surface area is 170 Å². The number of nitrogens with zero attached hydrogens (tertiary/aromatic N) is 2. The Hall–Kier alpha value is -2.77. The number of pyridine rings is 1. The van der Waals surface area contributed by atoms with E-state index in [2.05, 4.69) is 10.3 Å². The molecule has 29 heavy (non-hydrogen) atoms. The molecule has 2 saturated heterocycles. The topological polar surface area (TPSA) is 80.8 Å². The normalized spacial score (nSPS) is 18.1. The van der Waals surface area contributed by atoms with Gasteiger partial charge in [0.2, 0.25) is 0 Å². The van der Waals surface area contributed by atoms with E-state index in [4.69, 9.17) is 9.47 Å². The van der Waals surface area contributed by atoms with Crippen LogP contribution in [0.2, 0.25) is 0 Å². The molecule has 0 aliphatic carbocycles. The molecule has 2 amide bonds. The van der Waals surface area contributed by atoms with Crippen molar-refractivity contribution in [3.05, 3.63) is 58.9 Å². The molecule has 0 unspecified atom stereocenters. The predicted molar refractivity (Wildman–Crippen MR) is 108 cm³/mol. The number of carbonyl (C=O) groups is 2. The van der Waals surface area contributed by atoms with Gasteiger partial charge in [0, 0.05) is 43.4 Å². The Bertz CT molecular complexity index is 907. The van der Waals surface area contributed by atoms with Crippen molar-refractivity contribution in [2.45, 2.75) is 32.5 Å². The van der Waals surface area contributed by atoms with Gasteiger partial charge in [-0.05, 0) is 49.2 Å². The Morgan fingerprint density at radius 1 is 1.03 bits per heavy atom. The lowest BCUT2D eigenvalue weighted by Crippen LogP contribution is -2.47. The second kappa shape index (κ2) is 7.93. The average Bonchev–Trinajstić information content (AvgIpc) is 3.15. The highest BCUT2D eigenvalue weighted by atomic mass is 16.7. The number of nitrogens with one attached hydrogen (secondary N) is 1. The number of likely N-dealkylation sites (tertiary alicyclic amines) is 1. The van der Waals surface area contributed by atoms with Crippen LogP contribution in [0.4, 0.5) is 5.69 Å². The van der Waals surface area contributed by atoms with E-state index in [1.54, 1.807) is 17.0 Å². The standard InChI is InChI=1S/C22H25N3O4/c1-15-11-16(2)13-18(12-15)24-20(26)19-14-17(3-6-23-19)21(27)25-7-4-22(5-8-25)28-9-10-29-22/h3,6,11-14H,4-5,7-10H2,1-2H3,(H,24,26). The molecule has 1 aromatic heterocycles. The first-order valence-electron chi connectivity index (χ1n) is 9.87. The summed E-state index contributed by atoms with van der Waals surface area (Å²) in [5.74, 6) is -0.970. The molecule has 1 aromatic carbocycles. The van der Waals surface area contributed by atoms with Crippen LogP contribution in [0.25, 0.3) is 0 Å². The van der Waals surface area contributed by atoms with E-state index >= 15 is 0 Å². The van der Waals surface area contributed by atoms with E-state index in [0.717, 1.165) is 11.1 Å². The van der Waals surface area contributed by atoms with Crippen LogP contribution < -0.4 is 5.32 Å². The number of aromatic nitrogens is 1. The highest BCUT2D eigenvalue weighted by molar-refractivity contribution is 6.04. The molecule has 0 saturated carbocycles. The van der Waals surface area contributed by atoms with Gasteiger partial charge in [-0.1, -0.05) is 6.07 Å². The number of amides is 2. The molecule has 0 bridgehead atoms. The van der Waals surface area contributed by atoms with Crippen molar-refractivity contribution >= 4 is 17.5 Å². The van der Waals surface area contributed by atoms with Crippen LogP contribution in [0.1, 0.15) is 44.8 Å². The Kier molecular flexibility index (Phi) is 5.34. The molecule has 7 heteroatoms. The van der Waals surface area contributed by atoms with E-state index < -0.39 is 5.79 Å². The fourth-order valence-corrected chi connectivity index (χ4v) is 3.95. The molecule has 7 nitrogen and oxygen atoms in total. The first-order valence-corrected chi connectivity index (χ1v) is 9.87. The SMILES string of the molecule is Cc1cc(C)cc(NC(=O)c2cc(C(=O)N3CCC4(CC3)OCCO4)ccn2)c1. The van der Waals surface area contributed by atoms with Gasteiger partial charge < -0.3 is 19.7 Å². The summed E-state index contributed by atoms with van der Waals surface area (Å²) in [5.41, 5.74) is 3.51. The van der Waals surface area contributed by atoms with E-state index in [0.29, 0.717) is 50.4 Å². The number of carbonyl (C=O) groups excluding carboxylic acids is 2. The van der Waals surface area contributed by atoms with Crippen LogP contribution in [0.5, 0.6) is 0 Å². The molecular formula is C22H25N3O4. The summed E-state index contributed by atoms with van der Waals surface area (Å²) in [6.07, 6.45) is 2.81. The molecule has 0 atom stereocenters. The molecule has 152 valence electrons. The van der Waals surface area contributed by atoms with Gasteiger partial charge in [-0.2, -0.15) is 0 Å². The van der Waals surface area contributed by atoms with Gasteiger partial charge in [0.1, 0.15) is 5.69 Å². The smallest absolute Gasteiger partial charge is 0.274 e. The van der Waals surface area contributed by atoms with Crippen molar-refractivity contribution in [1.29, 1.82) is 0 Å². The molecule has 0 radical (unpaired) electrons. The van der Waals surface area contributed by atoms with Crippen LogP contribution in [-0.4, -0.2) is 53.8 Å². The van der Waals surface area contributed by atoms with Gasteiger partial charge in [0.05, 0.1) is 13.2 Å². The molecule has 3 heterocycles. The maximum atomic E-state index is 12.9. The summed E-state index contributed by atoms with van der Waals surface area (Å²) < 4.78 is 11.4. The zero-order valence-electron chi connectivity index (χ0n) is 16.7. The fraction of sp³-hybridized carbons (Fsp3) is 0.409. The number of hydrogen-bond donors (Lipinski definition) is 1. The molecule has 4 rings (SSSR count). The zero-order valence-corrected chi connectivity index (χ0v) is 16.7. The molecule has 1 spiro atoms. The van der Waals surface area contributed by atoms with Crippen molar-refractivity contribution < 1.29 is 19.1 Å². The third kappa shape index (κ3) is 4.31. The van der Waals surface area contributed by atoms with Gasteiger partial charge in [0.25, 0.3) is 11.8 Å². The largest absolute Gasteiger partial charge is 0.347 e. The number of aryl methyl sites for hydroxylation is 2. The van der Waals surface area contributed by atoms with Gasteiger partial charge in [-0.15, -0.1) is 0 Å². The average molecular weight is 395 g/mol. The molecule has 2 fully saturated rings. The van der Waals surface area contributed by atoms with E-state index in [1.165, 1.54) is 6.20 Å². The van der Waals surface area contributed by atoms with Gasteiger partial charge in [-0.25, -0.2) is 0 Å². The predicted octanol–water partition coefficient (Wildman–Crippen LogP) is 2.93. The maximum absolute atomic E-state index is 12.9. The summed E-state index contributed by atoms with van der Waals surface area (Å²) in [5, 5.41) is 2.86. The molecule has 2 aliphatic heterocycles. The second-order valence-corrected chi connectivity index (χ2v) is 7.66. The first-order chi connectivity index (χ1) is 13.9. The lowest BCUT2D eigenvalue weighted by Gasteiger charge is -2.37. The van der Waals surface area contributed by atoms with Crippen molar-refractivity contribution in [1.82, 2.24) is 9.88 Å². The monoisotopic (exact) mass is 395 g/mol.